The van der Waals surface area contributed by atoms with Crippen LogP contribution in [0.15, 0.2) is 30.3 Å². The maximum absolute atomic E-state index is 5.85. The Hall–Kier alpha value is -1.94. The van der Waals surface area contributed by atoms with Crippen molar-refractivity contribution in [2.24, 2.45) is 5.73 Å². The Morgan fingerprint density at radius 2 is 1.95 bits per heavy atom. The third-order valence-electron chi connectivity index (χ3n) is 3.41. The Labute approximate surface area is 131 Å². The lowest BCUT2D eigenvalue weighted by Crippen LogP contribution is -2.15. The van der Waals surface area contributed by atoms with E-state index < -0.39 is 0 Å². The summed E-state index contributed by atoms with van der Waals surface area (Å²) in [6.07, 6.45) is 0. The van der Waals surface area contributed by atoms with Crippen molar-refractivity contribution in [3.63, 3.8) is 0 Å². The number of aromatic nitrogens is 1. The molecule has 2 aromatic rings. The van der Waals surface area contributed by atoms with E-state index in [0.29, 0.717) is 10.9 Å². The highest BCUT2D eigenvalue weighted by Crippen LogP contribution is 2.26. The number of nitrogens with one attached hydrogen (secondary N) is 1. The molecular weight excluding hydrogens is 278 g/mol. The van der Waals surface area contributed by atoms with Crippen molar-refractivity contribution in [3.8, 4) is 0 Å². The second-order valence-corrected chi connectivity index (χ2v) is 5.98. The molecule has 0 unspecified atom stereocenters. The van der Waals surface area contributed by atoms with E-state index in [0.717, 1.165) is 28.3 Å². The summed E-state index contributed by atoms with van der Waals surface area (Å²) < 4.78 is 0. The first-order valence-corrected chi connectivity index (χ1v) is 7.44. The average molecular weight is 299 g/mol. The SMILES string of the molecule is Cc1cc(Nc2cccc(C(C)C)c2)c(C(N)=S)c(C)n1. The summed E-state index contributed by atoms with van der Waals surface area (Å²) in [6, 6.07) is 10.4. The predicted octanol–water partition coefficient (Wildman–Crippen LogP) is 4.20. The zero-order chi connectivity index (χ0) is 15.6. The molecule has 110 valence electrons. The quantitative estimate of drug-likeness (QED) is 0.831. The minimum atomic E-state index is 0.363. The minimum Gasteiger partial charge on any atom is -0.389 e. The van der Waals surface area contributed by atoms with Gasteiger partial charge in [0.1, 0.15) is 4.99 Å². The number of anilines is 2. The molecule has 0 spiro atoms. The number of thiocarbonyl (C=S) groups is 1. The molecular formula is C17H21N3S. The average Bonchev–Trinajstić information content (AvgIpc) is 2.37. The van der Waals surface area contributed by atoms with E-state index in [1.807, 2.05) is 26.0 Å². The maximum Gasteiger partial charge on any atom is 0.107 e. The highest BCUT2D eigenvalue weighted by molar-refractivity contribution is 7.80. The van der Waals surface area contributed by atoms with Crippen LogP contribution < -0.4 is 11.1 Å². The lowest BCUT2D eigenvalue weighted by molar-refractivity contribution is 0.867. The van der Waals surface area contributed by atoms with Crippen molar-refractivity contribution in [2.75, 3.05) is 5.32 Å². The molecule has 0 aliphatic heterocycles. The van der Waals surface area contributed by atoms with Gasteiger partial charge in [-0.25, -0.2) is 0 Å². The Morgan fingerprint density at radius 1 is 1.24 bits per heavy atom. The van der Waals surface area contributed by atoms with Crippen molar-refractivity contribution < 1.29 is 0 Å². The molecule has 0 aliphatic carbocycles. The zero-order valence-electron chi connectivity index (χ0n) is 12.9. The zero-order valence-corrected chi connectivity index (χ0v) is 13.7. The molecule has 0 atom stereocenters. The van der Waals surface area contributed by atoms with Crippen LogP contribution in [-0.4, -0.2) is 9.97 Å². The number of nitrogens with two attached hydrogens (primary N) is 1. The number of rotatable bonds is 4. The molecule has 0 saturated carbocycles. The molecule has 0 fully saturated rings. The number of hydrogen-bond donors (Lipinski definition) is 2. The fourth-order valence-corrected chi connectivity index (χ4v) is 2.63. The lowest BCUT2D eigenvalue weighted by atomic mass is 10.0. The third-order valence-corrected chi connectivity index (χ3v) is 3.61. The number of benzene rings is 1. The van der Waals surface area contributed by atoms with Gasteiger partial charge in [-0.1, -0.05) is 38.2 Å². The fraction of sp³-hybridized carbons (Fsp3) is 0.294. The van der Waals surface area contributed by atoms with Crippen LogP contribution in [0.5, 0.6) is 0 Å². The predicted molar refractivity (Wildman–Crippen MR) is 93.4 cm³/mol. The first-order valence-electron chi connectivity index (χ1n) is 7.03. The van der Waals surface area contributed by atoms with Gasteiger partial charge in [-0.05, 0) is 43.5 Å². The van der Waals surface area contributed by atoms with E-state index in [1.54, 1.807) is 0 Å². The second-order valence-electron chi connectivity index (χ2n) is 5.54. The van der Waals surface area contributed by atoms with Crippen LogP contribution in [0.4, 0.5) is 11.4 Å². The van der Waals surface area contributed by atoms with Crippen molar-refractivity contribution in [1.29, 1.82) is 0 Å². The standard InChI is InChI=1S/C17H21N3S/c1-10(2)13-6-5-7-14(9-13)20-15-8-11(3)19-12(4)16(15)17(18)21/h5-10H,1-4H3,(H2,18,21)(H,19,20). The Kier molecular flexibility index (Phi) is 4.58. The van der Waals surface area contributed by atoms with Crippen LogP contribution in [0.2, 0.25) is 0 Å². The van der Waals surface area contributed by atoms with Gasteiger partial charge in [0.15, 0.2) is 0 Å². The molecule has 1 aromatic carbocycles. The Morgan fingerprint density at radius 3 is 2.57 bits per heavy atom. The summed E-state index contributed by atoms with van der Waals surface area (Å²) in [6.45, 7) is 8.25. The van der Waals surface area contributed by atoms with Crippen LogP contribution in [-0.2, 0) is 0 Å². The minimum absolute atomic E-state index is 0.363. The summed E-state index contributed by atoms with van der Waals surface area (Å²) in [7, 11) is 0. The maximum atomic E-state index is 5.85. The van der Waals surface area contributed by atoms with Crippen molar-refractivity contribution in [2.45, 2.75) is 33.6 Å². The molecule has 0 bridgehead atoms. The van der Waals surface area contributed by atoms with Crippen molar-refractivity contribution >= 4 is 28.6 Å². The van der Waals surface area contributed by atoms with E-state index in [-0.39, 0.29) is 0 Å². The van der Waals surface area contributed by atoms with E-state index in [2.05, 4.69) is 42.3 Å². The monoisotopic (exact) mass is 299 g/mol. The van der Waals surface area contributed by atoms with Crippen molar-refractivity contribution in [1.82, 2.24) is 4.98 Å². The van der Waals surface area contributed by atoms with Gasteiger partial charge in [-0.15, -0.1) is 0 Å². The van der Waals surface area contributed by atoms with Gasteiger partial charge in [0.25, 0.3) is 0 Å². The summed E-state index contributed by atoms with van der Waals surface area (Å²) in [5.74, 6) is 0.489. The van der Waals surface area contributed by atoms with Crippen molar-refractivity contribution in [3.05, 3.63) is 52.8 Å². The van der Waals surface area contributed by atoms with Crippen LogP contribution in [0.1, 0.15) is 42.3 Å². The first-order chi connectivity index (χ1) is 9.88. The molecule has 0 aliphatic rings. The van der Waals surface area contributed by atoms with E-state index in [1.165, 1.54) is 5.56 Å². The van der Waals surface area contributed by atoms with Crippen LogP contribution in [0, 0.1) is 13.8 Å². The van der Waals surface area contributed by atoms with Crippen LogP contribution >= 0.6 is 12.2 Å². The van der Waals surface area contributed by atoms with Gasteiger partial charge in [0.05, 0.1) is 11.3 Å². The number of aryl methyl sites for hydroxylation is 2. The van der Waals surface area contributed by atoms with E-state index in [4.69, 9.17) is 18.0 Å². The molecule has 0 saturated heterocycles. The third kappa shape index (κ3) is 3.58. The molecule has 2 rings (SSSR count). The van der Waals surface area contributed by atoms with Gasteiger partial charge in [-0.3, -0.25) is 4.98 Å². The Bertz CT molecular complexity index is 678. The normalized spacial score (nSPS) is 10.7. The second kappa shape index (κ2) is 6.22. The number of hydrogen-bond acceptors (Lipinski definition) is 3. The molecule has 1 aromatic heterocycles. The highest BCUT2D eigenvalue weighted by atomic mass is 32.1. The molecule has 3 nitrogen and oxygen atoms in total. The van der Waals surface area contributed by atoms with Gasteiger partial charge in [-0.2, -0.15) is 0 Å². The molecule has 3 N–H and O–H groups in total. The van der Waals surface area contributed by atoms with Gasteiger partial charge < -0.3 is 11.1 Å². The summed E-state index contributed by atoms with van der Waals surface area (Å²) >= 11 is 5.16. The smallest absolute Gasteiger partial charge is 0.107 e. The van der Waals surface area contributed by atoms with Crippen LogP contribution in [0.25, 0.3) is 0 Å². The molecule has 0 amide bonds. The van der Waals surface area contributed by atoms with Gasteiger partial charge in [0.2, 0.25) is 0 Å². The largest absolute Gasteiger partial charge is 0.389 e. The fourth-order valence-electron chi connectivity index (χ4n) is 2.37. The van der Waals surface area contributed by atoms with Gasteiger partial charge in [0, 0.05) is 17.1 Å². The van der Waals surface area contributed by atoms with E-state index in [9.17, 15) is 0 Å². The number of nitrogens with zero attached hydrogens (tertiary/aromatic N) is 1. The molecule has 0 radical (unpaired) electrons. The van der Waals surface area contributed by atoms with Gasteiger partial charge >= 0.3 is 0 Å². The lowest BCUT2D eigenvalue weighted by Gasteiger charge is -2.15. The molecule has 4 heteroatoms. The first kappa shape index (κ1) is 15.4. The van der Waals surface area contributed by atoms with E-state index >= 15 is 0 Å². The summed E-state index contributed by atoms with van der Waals surface area (Å²) in [4.78, 5) is 4.80. The van der Waals surface area contributed by atoms with Crippen LogP contribution in [0.3, 0.4) is 0 Å². The summed E-state index contributed by atoms with van der Waals surface area (Å²) in [5, 5.41) is 3.42. The highest BCUT2D eigenvalue weighted by Gasteiger charge is 2.11. The summed E-state index contributed by atoms with van der Waals surface area (Å²) in [5.41, 5.74) is 11.7. The topological polar surface area (TPSA) is 50.9 Å². The molecule has 1 heterocycles. The molecule has 21 heavy (non-hydrogen) atoms. The Balaban J connectivity index is 2.44. The number of pyridine rings is 1.